The van der Waals surface area contributed by atoms with Crippen LogP contribution in [0.25, 0.3) is 21.3 Å². The van der Waals surface area contributed by atoms with E-state index >= 15 is 0 Å². The molecule has 23 heavy (non-hydrogen) atoms. The highest BCUT2D eigenvalue weighted by atomic mass is 32.1. The van der Waals surface area contributed by atoms with E-state index in [4.69, 9.17) is 0 Å². The highest BCUT2D eigenvalue weighted by Gasteiger charge is 2.11. The predicted molar refractivity (Wildman–Crippen MR) is 85.7 cm³/mol. The fourth-order valence-electron chi connectivity index (χ4n) is 2.28. The molecule has 114 valence electrons. The molecule has 0 aliphatic carbocycles. The molecule has 6 nitrogen and oxygen atoms in total. The molecule has 1 amide bonds. The number of anilines is 1. The zero-order valence-electron chi connectivity index (χ0n) is 11.7. The second-order valence-corrected chi connectivity index (χ2v) is 5.95. The summed E-state index contributed by atoms with van der Waals surface area (Å²) < 4.78 is 15.4. The molecule has 0 unspecified atom stereocenters. The second kappa shape index (κ2) is 5.40. The fraction of sp³-hybridized carbons (Fsp3) is 0.0667. The maximum atomic E-state index is 13.2. The van der Waals surface area contributed by atoms with Gasteiger partial charge < -0.3 is 5.32 Å². The summed E-state index contributed by atoms with van der Waals surface area (Å²) >= 11 is 1.23. The lowest BCUT2D eigenvalue weighted by molar-refractivity contribution is -0.116. The third kappa shape index (κ3) is 2.64. The van der Waals surface area contributed by atoms with Gasteiger partial charge in [-0.3, -0.25) is 4.79 Å². The van der Waals surface area contributed by atoms with Gasteiger partial charge in [0.1, 0.15) is 17.9 Å². The lowest BCUT2D eigenvalue weighted by Crippen LogP contribution is -2.19. The molecule has 0 aliphatic rings. The Hall–Kier alpha value is -2.87. The van der Waals surface area contributed by atoms with Crippen molar-refractivity contribution in [1.29, 1.82) is 0 Å². The average Bonchev–Trinajstić information content (AvgIpc) is 3.11. The molecule has 4 aromatic rings. The third-order valence-corrected chi connectivity index (χ3v) is 4.24. The van der Waals surface area contributed by atoms with Crippen LogP contribution in [0.5, 0.6) is 0 Å². The van der Waals surface area contributed by atoms with Crippen molar-refractivity contribution in [3.05, 3.63) is 48.3 Å². The summed E-state index contributed by atoms with van der Waals surface area (Å²) in [4.78, 5) is 16.4. The van der Waals surface area contributed by atoms with Gasteiger partial charge in [-0.15, -0.1) is 5.10 Å². The van der Waals surface area contributed by atoms with E-state index in [1.54, 1.807) is 6.07 Å². The number of rotatable bonds is 3. The highest BCUT2D eigenvalue weighted by molar-refractivity contribution is 7.22. The Balaban J connectivity index is 1.54. The van der Waals surface area contributed by atoms with Gasteiger partial charge in [-0.2, -0.15) is 0 Å². The molecule has 0 radical (unpaired) electrons. The fourth-order valence-corrected chi connectivity index (χ4v) is 3.19. The van der Waals surface area contributed by atoms with Crippen molar-refractivity contribution in [1.82, 2.24) is 20.0 Å². The van der Waals surface area contributed by atoms with E-state index < -0.39 is 0 Å². The molecule has 0 atom stereocenters. The van der Waals surface area contributed by atoms with Gasteiger partial charge in [0.05, 0.1) is 15.7 Å². The summed E-state index contributed by atoms with van der Waals surface area (Å²) in [6.07, 6.45) is 0. The van der Waals surface area contributed by atoms with Gasteiger partial charge in [-0.05, 0) is 30.3 Å². The number of nitrogens with one attached hydrogen (secondary N) is 1. The van der Waals surface area contributed by atoms with Crippen LogP contribution in [0.4, 0.5) is 9.52 Å². The summed E-state index contributed by atoms with van der Waals surface area (Å²) in [5, 5.41) is 11.1. The van der Waals surface area contributed by atoms with Crippen LogP contribution in [0.3, 0.4) is 0 Å². The maximum Gasteiger partial charge on any atom is 0.247 e. The first-order valence-electron chi connectivity index (χ1n) is 6.83. The van der Waals surface area contributed by atoms with Gasteiger partial charge >= 0.3 is 0 Å². The number of amides is 1. The van der Waals surface area contributed by atoms with Crippen molar-refractivity contribution >= 4 is 43.6 Å². The number of halogens is 1. The van der Waals surface area contributed by atoms with E-state index in [2.05, 4.69) is 20.6 Å². The molecule has 0 fully saturated rings. The topological polar surface area (TPSA) is 72.7 Å². The summed E-state index contributed by atoms with van der Waals surface area (Å²) in [5.74, 6) is -0.590. The van der Waals surface area contributed by atoms with Crippen LogP contribution >= 0.6 is 11.3 Å². The van der Waals surface area contributed by atoms with Crippen LogP contribution in [-0.2, 0) is 11.3 Å². The zero-order chi connectivity index (χ0) is 15.8. The van der Waals surface area contributed by atoms with E-state index in [1.165, 1.54) is 28.2 Å². The van der Waals surface area contributed by atoms with Crippen molar-refractivity contribution in [2.45, 2.75) is 6.54 Å². The molecule has 4 rings (SSSR count). The number of benzene rings is 2. The standard InChI is InChI=1S/C15H10FN5OS/c16-9-5-6-11-13(7-9)23-15(17-11)18-14(22)8-21-12-4-2-1-3-10(12)19-20-21/h1-7H,8H2,(H,17,18,22). The normalized spacial score (nSPS) is 11.2. The van der Waals surface area contributed by atoms with Gasteiger partial charge in [0, 0.05) is 0 Å². The monoisotopic (exact) mass is 327 g/mol. The zero-order valence-corrected chi connectivity index (χ0v) is 12.5. The number of aromatic nitrogens is 4. The maximum absolute atomic E-state index is 13.2. The minimum atomic E-state index is -0.326. The van der Waals surface area contributed by atoms with E-state index in [-0.39, 0.29) is 18.3 Å². The quantitative estimate of drug-likeness (QED) is 0.628. The number of carbonyl (C=O) groups excluding carboxylic acids is 1. The summed E-state index contributed by atoms with van der Waals surface area (Å²) in [5.41, 5.74) is 2.17. The minimum Gasteiger partial charge on any atom is -0.300 e. The average molecular weight is 327 g/mol. The van der Waals surface area contributed by atoms with Crippen LogP contribution < -0.4 is 5.32 Å². The molecule has 0 bridgehead atoms. The number of nitrogens with zero attached hydrogens (tertiary/aromatic N) is 4. The van der Waals surface area contributed by atoms with Crippen molar-refractivity contribution in [2.24, 2.45) is 0 Å². The third-order valence-electron chi connectivity index (χ3n) is 3.31. The van der Waals surface area contributed by atoms with E-state index in [9.17, 15) is 9.18 Å². The molecular weight excluding hydrogens is 317 g/mol. The Morgan fingerprint density at radius 2 is 2.09 bits per heavy atom. The lowest BCUT2D eigenvalue weighted by Gasteiger charge is -2.02. The van der Waals surface area contributed by atoms with E-state index in [0.29, 0.717) is 15.3 Å². The first-order valence-corrected chi connectivity index (χ1v) is 7.65. The first-order chi connectivity index (χ1) is 11.2. The molecule has 8 heteroatoms. The molecule has 0 saturated heterocycles. The summed E-state index contributed by atoms with van der Waals surface area (Å²) in [6, 6.07) is 11.7. The van der Waals surface area contributed by atoms with Crippen molar-refractivity contribution in [2.75, 3.05) is 5.32 Å². The van der Waals surface area contributed by atoms with Crippen molar-refractivity contribution in [3.63, 3.8) is 0 Å². The number of carbonyl (C=O) groups is 1. The molecule has 2 heterocycles. The van der Waals surface area contributed by atoms with Gasteiger partial charge in [0.15, 0.2) is 5.13 Å². The summed E-state index contributed by atoms with van der Waals surface area (Å²) in [7, 11) is 0. The van der Waals surface area contributed by atoms with E-state index in [1.807, 2.05) is 24.3 Å². The molecule has 2 aromatic heterocycles. The minimum absolute atomic E-state index is 0.0325. The van der Waals surface area contributed by atoms with Crippen LogP contribution in [0.2, 0.25) is 0 Å². The van der Waals surface area contributed by atoms with Crippen LogP contribution in [0.15, 0.2) is 42.5 Å². The number of para-hydroxylation sites is 1. The number of hydrogen-bond acceptors (Lipinski definition) is 5. The Kier molecular flexibility index (Phi) is 3.23. The number of fused-ring (bicyclic) bond motifs is 2. The Bertz CT molecular complexity index is 1020. The molecule has 0 aliphatic heterocycles. The Morgan fingerprint density at radius 1 is 1.22 bits per heavy atom. The largest absolute Gasteiger partial charge is 0.300 e. The SMILES string of the molecule is O=C(Cn1nnc2ccccc21)Nc1nc2ccc(F)cc2s1. The van der Waals surface area contributed by atoms with Gasteiger partial charge in [0.25, 0.3) is 0 Å². The molecular formula is C15H10FN5OS. The predicted octanol–water partition coefficient (Wildman–Crippen LogP) is 2.82. The van der Waals surface area contributed by atoms with Crippen LogP contribution in [0.1, 0.15) is 0 Å². The number of thiazole rings is 1. The second-order valence-electron chi connectivity index (χ2n) is 4.92. The molecule has 2 aromatic carbocycles. The molecule has 0 spiro atoms. The first kappa shape index (κ1) is 13.8. The van der Waals surface area contributed by atoms with Gasteiger partial charge in [-0.25, -0.2) is 14.1 Å². The van der Waals surface area contributed by atoms with Crippen molar-refractivity contribution < 1.29 is 9.18 Å². The number of hydrogen-bond donors (Lipinski definition) is 1. The molecule has 0 saturated carbocycles. The lowest BCUT2D eigenvalue weighted by atomic mass is 10.3. The summed E-state index contributed by atoms with van der Waals surface area (Å²) in [6.45, 7) is 0.0325. The van der Waals surface area contributed by atoms with Crippen molar-refractivity contribution in [3.8, 4) is 0 Å². The van der Waals surface area contributed by atoms with Crippen LogP contribution in [0, 0.1) is 5.82 Å². The van der Waals surface area contributed by atoms with Crippen LogP contribution in [-0.4, -0.2) is 25.9 Å². The smallest absolute Gasteiger partial charge is 0.247 e. The Labute approximate surface area is 133 Å². The highest BCUT2D eigenvalue weighted by Crippen LogP contribution is 2.26. The van der Waals surface area contributed by atoms with E-state index in [0.717, 1.165) is 11.0 Å². The van der Waals surface area contributed by atoms with Gasteiger partial charge in [0.2, 0.25) is 5.91 Å². The van der Waals surface area contributed by atoms with Gasteiger partial charge in [-0.1, -0.05) is 28.7 Å². The molecule has 1 N–H and O–H groups in total. The Morgan fingerprint density at radius 3 is 3.00 bits per heavy atom.